The first-order valence-corrected chi connectivity index (χ1v) is 5.36. The third-order valence-electron chi connectivity index (χ3n) is 2.62. The van der Waals surface area contributed by atoms with Crippen molar-refractivity contribution in [2.75, 3.05) is 0 Å². The number of hydrogen-bond donors (Lipinski definition) is 1. The average molecular weight is 239 g/mol. The summed E-state index contributed by atoms with van der Waals surface area (Å²) in [7, 11) is 0. The quantitative estimate of drug-likeness (QED) is 0.822. The molecule has 2 aromatic rings. The summed E-state index contributed by atoms with van der Waals surface area (Å²) in [6.45, 7) is 3.89. The molecule has 0 spiro atoms. The van der Waals surface area contributed by atoms with Gasteiger partial charge in [0.2, 0.25) is 0 Å². The number of H-pyrrole nitrogens is 1. The number of nitrogens with one attached hydrogen (secondary N) is 1. The predicted octanol–water partition coefficient (Wildman–Crippen LogP) is 1.67. The molecule has 1 aromatic heterocycles. The van der Waals surface area contributed by atoms with Crippen LogP contribution in [0.4, 0.5) is 0 Å². The summed E-state index contributed by atoms with van der Waals surface area (Å²) in [5.74, 6) is 0. The summed E-state index contributed by atoms with van der Waals surface area (Å²) in [4.78, 5) is 26.3. The van der Waals surface area contributed by atoms with Crippen LogP contribution in [0.15, 0.2) is 21.7 Å². The zero-order chi connectivity index (χ0) is 11.9. The Morgan fingerprint density at radius 3 is 2.69 bits per heavy atom. The van der Waals surface area contributed by atoms with Gasteiger partial charge >= 0.3 is 5.69 Å². The fraction of sp³-hybridized carbons (Fsp3) is 0.273. The number of hydrogen-bond acceptors (Lipinski definition) is 2. The summed E-state index contributed by atoms with van der Waals surface area (Å²) in [6.07, 6.45) is 0. The van der Waals surface area contributed by atoms with Crippen LogP contribution in [0.3, 0.4) is 0 Å². The van der Waals surface area contributed by atoms with Crippen molar-refractivity contribution < 1.29 is 0 Å². The van der Waals surface area contributed by atoms with Gasteiger partial charge in [-0.2, -0.15) is 0 Å². The van der Waals surface area contributed by atoms with E-state index in [2.05, 4.69) is 4.98 Å². The van der Waals surface area contributed by atoms with Gasteiger partial charge in [0, 0.05) is 6.54 Å². The Bertz CT molecular complexity index is 670. The van der Waals surface area contributed by atoms with Crippen molar-refractivity contribution in [1.82, 2.24) is 9.55 Å². The number of benzene rings is 1. The summed E-state index contributed by atoms with van der Waals surface area (Å²) >= 11 is 5.98. The molecule has 0 fully saturated rings. The minimum absolute atomic E-state index is 0.328. The fourth-order valence-electron chi connectivity index (χ4n) is 1.74. The number of rotatable bonds is 1. The molecule has 1 N–H and O–H groups in total. The van der Waals surface area contributed by atoms with Crippen LogP contribution in [0.1, 0.15) is 12.5 Å². The molecule has 0 amide bonds. The van der Waals surface area contributed by atoms with Gasteiger partial charge in [-0.25, -0.2) is 4.79 Å². The van der Waals surface area contributed by atoms with Gasteiger partial charge in [0.05, 0.1) is 15.9 Å². The Labute approximate surface area is 96.5 Å². The molecular weight excluding hydrogens is 228 g/mol. The Morgan fingerprint density at radius 2 is 2.06 bits per heavy atom. The lowest BCUT2D eigenvalue weighted by Crippen LogP contribution is -2.34. The van der Waals surface area contributed by atoms with E-state index in [4.69, 9.17) is 11.6 Å². The van der Waals surface area contributed by atoms with Crippen molar-refractivity contribution in [3.8, 4) is 0 Å². The van der Waals surface area contributed by atoms with Crippen molar-refractivity contribution >= 4 is 22.5 Å². The summed E-state index contributed by atoms with van der Waals surface area (Å²) in [6, 6.07) is 3.44. The molecular formula is C11H11ClN2O2. The molecule has 16 heavy (non-hydrogen) atoms. The van der Waals surface area contributed by atoms with E-state index in [9.17, 15) is 9.59 Å². The lowest BCUT2D eigenvalue weighted by Gasteiger charge is -2.06. The van der Waals surface area contributed by atoms with E-state index in [1.807, 2.05) is 6.92 Å². The summed E-state index contributed by atoms with van der Waals surface area (Å²) in [5.41, 5.74) is 0.615. The number of aryl methyl sites for hydroxylation is 1. The van der Waals surface area contributed by atoms with Crippen LogP contribution in [0.25, 0.3) is 10.9 Å². The van der Waals surface area contributed by atoms with E-state index >= 15 is 0 Å². The van der Waals surface area contributed by atoms with Crippen LogP contribution < -0.4 is 11.2 Å². The van der Waals surface area contributed by atoms with Gasteiger partial charge in [-0.1, -0.05) is 17.7 Å². The molecule has 1 heterocycles. The normalized spacial score (nSPS) is 10.9. The van der Waals surface area contributed by atoms with E-state index in [1.54, 1.807) is 19.1 Å². The Balaban J connectivity index is 3.11. The topological polar surface area (TPSA) is 54.9 Å². The second-order valence-corrected chi connectivity index (χ2v) is 4.00. The zero-order valence-corrected chi connectivity index (χ0v) is 9.76. The highest BCUT2D eigenvalue weighted by molar-refractivity contribution is 6.35. The van der Waals surface area contributed by atoms with Crippen LogP contribution in [0.5, 0.6) is 0 Å². The number of aromatic amines is 1. The smallest absolute Gasteiger partial charge is 0.306 e. The predicted molar refractivity (Wildman–Crippen MR) is 64.2 cm³/mol. The van der Waals surface area contributed by atoms with Crippen LogP contribution in [-0.4, -0.2) is 9.55 Å². The van der Waals surface area contributed by atoms with Gasteiger partial charge in [-0.15, -0.1) is 0 Å². The van der Waals surface area contributed by atoms with Crippen LogP contribution in [0, 0.1) is 6.92 Å². The third kappa shape index (κ3) is 1.46. The number of nitrogens with zero attached hydrogens (tertiary/aromatic N) is 1. The molecule has 5 heteroatoms. The summed E-state index contributed by atoms with van der Waals surface area (Å²) in [5, 5.41) is 0.743. The van der Waals surface area contributed by atoms with Crippen molar-refractivity contribution in [2.24, 2.45) is 0 Å². The molecule has 2 rings (SSSR count). The first kappa shape index (κ1) is 11.0. The highest BCUT2D eigenvalue weighted by atomic mass is 35.5. The minimum atomic E-state index is -0.398. The maximum Gasteiger partial charge on any atom is 0.328 e. The number of aromatic nitrogens is 2. The van der Waals surface area contributed by atoms with Crippen molar-refractivity contribution in [1.29, 1.82) is 0 Å². The van der Waals surface area contributed by atoms with Gasteiger partial charge in [0.1, 0.15) is 0 Å². The van der Waals surface area contributed by atoms with Crippen LogP contribution in [0.2, 0.25) is 5.02 Å². The molecule has 0 aliphatic rings. The minimum Gasteiger partial charge on any atom is -0.306 e. The molecule has 4 nitrogen and oxygen atoms in total. The van der Waals surface area contributed by atoms with Crippen molar-refractivity contribution in [2.45, 2.75) is 20.4 Å². The second kappa shape index (κ2) is 3.79. The Morgan fingerprint density at radius 1 is 1.38 bits per heavy atom. The monoisotopic (exact) mass is 238 g/mol. The highest BCUT2D eigenvalue weighted by Crippen LogP contribution is 2.20. The lowest BCUT2D eigenvalue weighted by atomic mass is 10.1. The van der Waals surface area contributed by atoms with E-state index in [0.29, 0.717) is 22.5 Å². The maximum absolute atomic E-state index is 12.0. The molecule has 84 valence electrons. The largest absolute Gasteiger partial charge is 0.328 e. The first-order valence-electron chi connectivity index (χ1n) is 4.98. The van der Waals surface area contributed by atoms with E-state index in [1.165, 1.54) is 0 Å². The van der Waals surface area contributed by atoms with Gasteiger partial charge in [0.25, 0.3) is 5.56 Å². The van der Waals surface area contributed by atoms with Gasteiger partial charge < -0.3 is 4.98 Å². The summed E-state index contributed by atoms with van der Waals surface area (Å²) < 4.78 is 1.13. The molecule has 0 aliphatic heterocycles. The lowest BCUT2D eigenvalue weighted by molar-refractivity contribution is 0.684. The Hall–Kier alpha value is -1.55. The Kier molecular flexibility index (Phi) is 2.59. The van der Waals surface area contributed by atoms with E-state index in [0.717, 1.165) is 10.1 Å². The SMILES string of the molecule is CCn1c(=O)[nH]c2c(C)ccc(Cl)c2c1=O. The molecule has 0 unspecified atom stereocenters. The molecule has 1 aromatic carbocycles. The maximum atomic E-state index is 12.0. The standard InChI is InChI=1S/C11H11ClN2O2/c1-3-14-10(15)8-7(12)5-4-6(2)9(8)13-11(14)16/h4-5H,3H2,1-2H3,(H,13,16). The second-order valence-electron chi connectivity index (χ2n) is 3.59. The molecule has 0 saturated heterocycles. The van der Waals surface area contributed by atoms with Gasteiger partial charge in [-0.3, -0.25) is 9.36 Å². The highest BCUT2D eigenvalue weighted by Gasteiger charge is 2.10. The number of halogens is 1. The van der Waals surface area contributed by atoms with Crippen molar-refractivity contribution in [3.05, 3.63) is 43.6 Å². The molecule has 0 bridgehead atoms. The average Bonchev–Trinajstić information content (AvgIpc) is 2.24. The van der Waals surface area contributed by atoms with E-state index in [-0.39, 0.29) is 5.56 Å². The zero-order valence-electron chi connectivity index (χ0n) is 9.00. The van der Waals surface area contributed by atoms with Crippen molar-refractivity contribution in [3.63, 3.8) is 0 Å². The number of fused-ring (bicyclic) bond motifs is 1. The molecule has 0 saturated carbocycles. The molecule has 0 aliphatic carbocycles. The van der Waals surface area contributed by atoms with Crippen LogP contribution in [-0.2, 0) is 6.54 Å². The van der Waals surface area contributed by atoms with Gasteiger partial charge in [-0.05, 0) is 25.5 Å². The van der Waals surface area contributed by atoms with E-state index < -0.39 is 5.69 Å². The molecule has 0 atom stereocenters. The third-order valence-corrected chi connectivity index (χ3v) is 2.93. The first-order chi connectivity index (χ1) is 7.56. The van der Waals surface area contributed by atoms with Crippen LogP contribution >= 0.6 is 11.6 Å². The van der Waals surface area contributed by atoms with Gasteiger partial charge in [0.15, 0.2) is 0 Å². The molecule has 0 radical (unpaired) electrons. The fourth-order valence-corrected chi connectivity index (χ4v) is 1.98.